The number of rotatable bonds is 9. The summed E-state index contributed by atoms with van der Waals surface area (Å²) < 4.78 is 10.7. The van der Waals surface area contributed by atoms with E-state index in [9.17, 15) is 14.4 Å². The monoisotopic (exact) mass is 547 g/mol. The topological polar surface area (TPSA) is 165 Å². The van der Waals surface area contributed by atoms with Gasteiger partial charge < -0.3 is 30.7 Å². The fourth-order valence-electron chi connectivity index (χ4n) is 3.60. The number of anilines is 1. The molecular formula is C28H33N7O5. The highest BCUT2D eigenvalue weighted by Crippen LogP contribution is 2.29. The van der Waals surface area contributed by atoms with Crippen LogP contribution in [0.4, 0.5) is 5.69 Å². The van der Waals surface area contributed by atoms with Gasteiger partial charge in [-0.25, -0.2) is 4.98 Å². The lowest BCUT2D eigenvalue weighted by Crippen LogP contribution is -2.45. The third kappa shape index (κ3) is 9.02. The summed E-state index contributed by atoms with van der Waals surface area (Å²) in [5.74, 6) is 6.49. The Bertz CT molecular complexity index is 1330. The molecule has 4 rings (SSSR count). The first-order valence-corrected chi connectivity index (χ1v) is 12.6. The van der Waals surface area contributed by atoms with Crippen molar-refractivity contribution in [2.45, 2.75) is 12.5 Å². The fraction of sp³-hybridized carbons (Fsp3) is 0.321. The molecule has 2 heterocycles. The lowest BCUT2D eigenvalue weighted by Gasteiger charge is -2.18. The zero-order chi connectivity index (χ0) is 28.7. The number of aldehydes is 1. The number of carbonyl (C=O) groups excluding carboxylic acids is 3. The van der Waals surface area contributed by atoms with Crippen molar-refractivity contribution in [3.05, 3.63) is 71.3 Å². The van der Waals surface area contributed by atoms with Crippen molar-refractivity contribution < 1.29 is 23.9 Å². The van der Waals surface area contributed by atoms with Crippen LogP contribution >= 0.6 is 0 Å². The molecule has 1 unspecified atom stereocenters. The number of carbonyl (C=O) groups is 3. The van der Waals surface area contributed by atoms with Crippen LogP contribution in [-0.2, 0) is 20.7 Å². The maximum absolute atomic E-state index is 11.9. The number of nitrogens with zero attached hydrogens (tertiary/aromatic N) is 3. The van der Waals surface area contributed by atoms with E-state index in [0.717, 1.165) is 22.6 Å². The molecule has 40 heavy (non-hydrogen) atoms. The molecule has 210 valence electrons. The predicted octanol–water partition coefficient (Wildman–Crippen LogP) is 0.281. The number of ether oxygens (including phenoxy) is 2. The third-order valence-corrected chi connectivity index (χ3v) is 5.70. The van der Waals surface area contributed by atoms with Gasteiger partial charge in [0.15, 0.2) is 6.29 Å². The van der Waals surface area contributed by atoms with Crippen molar-refractivity contribution in [2.24, 2.45) is 5.73 Å². The van der Waals surface area contributed by atoms with Crippen LogP contribution in [0.5, 0.6) is 5.75 Å². The second kappa shape index (κ2) is 15.7. The number of hydrogen-bond acceptors (Lipinski definition) is 9. The van der Waals surface area contributed by atoms with Crippen molar-refractivity contribution >= 4 is 23.8 Å². The molecule has 0 aliphatic carbocycles. The third-order valence-electron chi connectivity index (χ3n) is 5.70. The van der Waals surface area contributed by atoms with Gasteiger partial charge in [-0.15, -0.1) is 0 Å². The van der Waals surface area contributed by atoms with Crippen LogP contribution in [0.25, 0.3) is 0 Å². The molecule has 0 spiro atoms. The number of hydrogen-bond donors (Lipinski definition) is 4. The average Bonchev–Trinajstić information content (AvgIpc) is 3.40. The molecule has 0 saturated carbocycles. The van der Waals surface area contributed by atoms with Crippen molar-refractivity contribution in [3.8, 4) is 17.6 Å². The quantitative estimate of drug-likeness (QED) is 0.167. The summed E-state index contributed by atoms with van der Waals surface area (Å²) in [6.07, 6.45) is 1.12. The van der Waals surface area contributed by atoms with E-state index < -0.39 is 0 Å². The second-order valence-corrected chi connectivity index (χ2v) is 8.56. The van der Waals surface area contributed by atoms with Crippen LogP contribution in [-0.4, -0.2) is 86.3 Å². The molecule has 1 aromatic heterocycles. The number of nitrogens with one attached hydrogen (secondary N) is 3. The largest absolute Gasteiger partial charge is 0.489 e. The Balaban J connectivity index is 0.000000249. The molecule has 12 nitrogen and oxygen atoms in total. The van der Waals surface area contributed by atoms with Gasteiger partial charge in [-0.1, -0.05) is 30.2 Å². The van der Waals surface area contributed by atoms with Crippen LogP contribution in [0.15, 0.2) is 48.5 Å². The highest BCUT2D eigenvalue weighted by molar-refractivity contribution is 5.98. The van der Waals surface area contributed by atoms with Gasteiger partial charge in [-0.2, -0.15) is 5.10 Å². The number of fused-ring (bicyclic) bond motifs is 1. The second-order valence-electron chi connectivity index (χ2n) is 8.56. The highest BCUT2D eigenvalue weighted by Gasteiger charge is 2.27. The standard InChI is InChI=1S/C17H19N5O3.C11H14N2O2/c18-7-9-25-10-8-19-17(24)6-5-13-1-3-14(4-2-13)11-15-20-16(12-23)22-21-15;1-12-8-7-15-10-6-4-3-5-9(10)13(2)11(8)14/h1-4,12H,7-11,18H2,(H,19,24)(H,20,21,22);3-6,8,12H,7H2,1-2H3. The zero-order valence-electron chi connectivity index (χ0n) is 22.5. The first kappa shape index (κ1) is 30.0. The molecular weight excluding hydrogens is 514 g/mol. The molecule has 1 atom stereocenters. The Labute approximate surface area is 232 Å². The van der Waals surface area contributed by atoms with E-state index in [0.29, 0.717) is 51.4 Å². The first-order chi connectivity index (χ1) is 19.4. The molecule has 1 aliphatic heterocycles. The number of para-hydroxylation sites is 2. The molecule has 12 heteroatoms. The summed E-state index contributed by atoms with van der Waals surface area (Å²) in [6, 6.07) is 14.7. The van der Waals surface area contributed by atoms with E-state index in [1.807, 2.05) is 48.5 Å². The molecule has 0 radical (unpaired) electrons. The average molecular weight is 548 g/mol. The smallest absolute Gasteiger partial charge is 0.296 e. The summed E-state index contributed by atoms with van der Waals surface area (Å²) in [5.41, 5.74) is 7.82. The van der Waals surface area contributed by atoms with Crippen molar-refractivity contribution in [3.63, 3.8) is 0 Å². The number of likely N-dealkylation sites (N-methyl/N-ethyl adjacent to an activating group) is 2. The zero-order valence-corrected chi connectivity index (χ0v) is 22.5. The van der Waals surface area contributed by atoms with Gasteiger partial charge in [0.05, 0.1) is 18.9 Å². The van der Waals surface area contributed by atoms with Gasteiger partial charge in [0.25, 0.3) is 5.91 Å². The van der Waals surface area contributed by atoms with E-state index in [1.54, 1.807) is 19.0 Å². The number of benzene rings is 2. The van der Waals surface area contributed by atoms with Crippen molar-refractivity contribution in [1.82, 2.24) is 25.8 Å². The lowest BCUT2D eigenvalue weighted by atomic mass is 10.1. The highest BCUT2D eigenvalue weighted by atomic mass is 16.5. The number of nitrogens with two attached hydrogens (primary N) is 1. The Hall–Kier alpha value is -4.57. The van der Waals surface area contributed by atoms with E-state index in [4.69, 9.17) is 15.2 Å². The molecule has 2 aromatic carbocycles. The van der Waals surface area contributed by atoms with E-state index in [1.165, 1.54) is 0 Å². The summed E-state index contributed by atoms with van der Waals surface area (Å²) in [7, 11) is 3.52. The maximum Gasteiger partial charge on any atom is 0.296 e. The van der Waals surface area contributed by atoms with Crippen LogP contribution < -0.4 is 26.0 Å². The van der Waals surface area contributed by atoms with Crippen molar-refractivity contribution in [2.75, 3.05) is 51.9 Å². The maximum atomic E-state index is 11.9. The van der Waals surface area contributed by atoms with E-state index in [-0.39, 0.29) is 23.7 Å². The molecule has 3 aromatic rings. The SMILES string of the molecule is CNC1COc2ccccc2N(C)C1=O.NCCOCCNC(=O)C#Cc1ccc(Cc2nc(C=O)n[nH]2)cc1. The summed E-state index contributed by atoms with van der Waals surface area (Å²) >= 11 is 0. The number of aromatic amines is 1. The first-order valence-electron chi connectivity index (χ1n) is 12.6. The number of aromatic nitrogens is 3. The predicted molar refractivity (Wildman–Crippen MR) is 149 cm³/mol. The molecule has 2 amide bonds. The Morgan fingerprint density at radius 2 is 2.02 bits per heavy atom. The van der Waals surface area contributed by atoms with Gasteiger partial charge in [-0.05, 0) is 36.9 Å². The Morgan fingerprint density at radius 3 is 2.73 bits per heavy atom. The van der Waals surface area contributed by atoms with E-state index >= 15 is 0 Å². The minimum atomic E-state index is -0.358. The number of amides is 2. The Kier molecular flexibility index (Phi) is 11.8. The van der Waals surface area contributed by atoms with E-state index in [2.05, 4.69) is 37.7 Å². The molecule has 0 fully saturated rings. The fourth-order valence-corrected chi connectivity index (χ4v) is 3.60. The van der Waals surface area contributed by atoms with Crippen LogP contribution in [0, 0.1) is 11.8 Å². The van der Waals surface area contributed by atoms with Gasteiger partial charge in [0, 0.05) is 38.0 Å². The van der Waals surface area contributed by atoms with Crippen LogP contribution in [0.1, 0.15) is 27.6 Å². The Morgan fingerprint density at radius 1 is 1.25 bits per heavy atom. The molecule has 0 saturated heterocycles. The lowest BCUT2D eigenvalue weighted by molar-refractivity contribution is -0.120. The number of H-pyrrole nitrogens is 1. The van der Waals surface area contributed by atoms with Crippen LogP contribution in [0.3, 0.4) is 0 Å². The van der Waals surface area contributed by atoms with Gasteiger partial charge in [0.2, 0.25) is 11.7 Å². The minimum Gasteiger partial charge on any atom is -0.489 e. The van der Waals surface area contributed by atoms with Crippen LogP contribution in [0.2, 0.25) is 0 Å². The van der Waals surface area contributed by atoms with Gasteiger partial charge >= 0.3 is 0 Å². The molecule has 0 bridgehead atoms. The van der Waals surface area contributed by atoms with Crippen molar-refractivity contribution in [1.29, 1.82) is 0 Å². The summed E-state index contributed by atoms with van der Waals surface area (Å²) in [6.45, 7) is 2.10. The summed E-state index contributed by atoms with van der Waals surface area (Å²) in [5, 5.41) is 12.0. The normalized spacial score (nSPS) is 13.9. The van der Waals surface area contributed by atoms with Gasteiger partial charge in [-0.3, -0.25) is 19.5 Å². The molecule has 5 N–H and O–H groups in total. The van der Waals surface area contributed by atoms with Gasteiger partial charge in [0.1, 0.15) is 24.2 Å². The summed E-state index contributed by atoms with van der Waals surface area (Å²) in [4.78, 5) is 39.7. The minimum absolute atomic E-state index is 0.0300. The molecule has 1 aliphatic rings.